The summed E-state index contributed by atoms with van der Waals surface area (Å²) in [6, 6.07) is 19.6. The van der Waals surface area contributed by atoms with Crippen molar-refractivity contribution in [1.82, 2.24) is 9.66 Å². The highest BCUT2D eigenvalue weighted by atomic mass is 16.2. The van der Waals surface area contributed by atoms with Crippen molar-refractivity contribution in [2.45, 2.75) is 6.92 Å². The maximum absolute atomic E-state index is 11.5. The zero-order valence-electron chi connectivity index (χ0n) is 11.7. The van der Waals surface area contributed by atoms with Gasteiger partial charge in [-0.05, 0) is 0 Å². The van der Waals surface area contributed by atoms with Gasteiger partial charge in [0, 0.05) is 18.1 Å². The summed E-state index contributed by atoms with van der Waals surface area (Å²) < 4.78 is 1.73. The molecule has 3 aromatic rings. The molecule has 1 N–H and O–H groups in total. The van der Waals surface area contributed by atoms with E-state index in [0.717, 1.165) is 16.8 Å². The lowest BCUT2D eigenvalue weighted by atomic mass is 10.2. The summed E-state index contributed by atoms with van der Waals surface area (Å²) in [5.41, 5.74) is 5.64. The second-order valence-electron chi connectivity index (χ2n) is 4.70. The summed E-state index contributed by atoms with van der Waals surface area (Å²) in [4.78, 5) is 16.0. The fourth-order valence-electron chi connectivity index (χ4n) is 2.23. The predicted octanol–water partition coefficient (Wildman–Crippen LogP) is 3.31. The lowest BCUT2D eigenvalue weighted by molar-refractivity contribution is -0.115. The number of hydrogen-bond donors (Lipinski definition) is 1. The van der Waals surface area contributed by atoms with E-state index in [9.17, 15) is 4.79 Å². The third-order valence-electron chi connectivity index (χ3n) is 3.13. The minimum atomic E-state index is -0.137. The Bertz CT molecular complexity index is 691. The molecule has 0 fully saturated rings. The Labute approximate surface area is 123 Å². The number of aromatic nitrogens is 2. The van der Waals surface area contributed by atoms with E-state index >= 15 is 0 Å². The normalized spacial score (nSPS) is 10.3. The number of imidazole rings is 1. The molecular formula is C17H15N3O. The topological polar surface area (TPSA) is 46.9 Å². The van der Waals surface area contributed by atoms with Gasteiger partial charge >= 0.3 is 0 Å². The molecule has 104 valence electrons. The summed E-state index contributed by atoms with van der Waals surface area (Å²) in [6.07, 6.45) is 1.77. The van der Waals surface area contributed by atoms with Crippen LogP contribution in [0.3, 0.4) is 0 Å². The summed E-state index contributed by atoms with van der Waals surface area (Å²) in [6.45, 7) is 1.49. The average Bonchev–Trinajstić information content (AvgIpc) is 2.92. The van der Waals surface area contributed by atoms with Crippen LogP contribution < -0.4 is 5.43 Å². The molecule has 0 saturated carbocycles. The van der Waals surface area contributed by atoms with E-state index < -0.39 is 0 Å². The van der Waals surface area contributed by atoms with Crippen LogP contribution in [0, 0.1) is 0 Å². The number of benzene rings is 2. The van der Waals surface area contributed by atoms with E-state index in [-0.39, 0.29) is 5.91 Å². The number of carbonyl (C=O) groups excluding carboxylic acids is 1. The second kappa shape index (κ2) is 5.63. The van der Waals surface area contributed by atoms with Gasteiger partial charge in [-0.1, -0.05) is 60.7 Å². The molecule has 0 aliphatic heterocycles. The number of carbonyl (C=O) groups is 1. The molecule has 0 unspecified atom stereocenters. The van der Waals surface area contributed by atoms with Crippen LogP contribution in [-0.2, 0) is 4.79 Å². The highest BCUT2D eigenvalue weighted by Crippen LogP contribution is 2.25. The van der Waals surface area contributed by atoms with Gasteiger partial charge in [0.05, 0.1) is 11.9 Å². The fourth-order valence-corrected chi connectivity index (χ4v) is 2.23. The summed E-state index contributed by atoms with van der Waals surface area (Å²) in [5, 5.41) is 0. The number of nitrogens with zero attached hydrogens (tertiary/aromatic N) is 2. The molecule has 0 spiro atoms. The fraction of sp³-hybridized carbons (Fsp3) is 0.0588. The van der Waals surface area contributed by atoms with Crippen molar-refractivity contribution in [3.05, 3.63) is 66.9 Å². The maximum atomic E-state index is 11.5. The molecule has 0 bridgehead atoms. The quantitative estimate of drug-likeness (QED) is 0.798. The van der Waals surface area contributed by atoms with Crippen molar-refractivity contribution in [1.29, 1.82) is 0 Å². The smallest absolute Gasteiger partial charge is 0.235 e. The molecule has 1 heterocycles. The SMILES string of the molecule is CC(=O)Nn1c(-c2ccccc2)cnc1-c1ccccc1. The Balaban J connectivity index is 2.14. The second-order valence-corrected chi connectivity index (χ2v) is 4.70. The minimum absolute atomic E-state index is 0.137. The molecule has 0 aliphatic carbocycles. The first-order chi connectivity index (χ1) is 10.3. The van der Waals surface area contributed by atoms with Crippen LogP contribution in [0.4, 0.5) is 0 Å². The van der Waals surface area contributed by atoms with Crippen LogP contribution in [0.1, 0.15) is 6.92 Å². The van der Waals surface area contributed by atoms with Crippen molar-refractivity contribution in [3.8, 4) is 22.6 Å². The molecular weight excluding hydrogens is 262 g/mol. The van der Waals surface area contributed by atoms with Gasteiger partial charge in [-0.25, -0.2) is 9.66 Å². The van der Waals surface area contributed by atoms with E-state index in [1.165, 1.54) is 6.92 Å². The number of rotatable bonds is 3. The van der Waals surface area contributed by atoms with Crippen LogP contribution in [0.2, 0.25) is 0 Å². The number of amides is 1. The lowest BCUT2D eigenvalue weighted by Gasteiger charge is -2.12. The lowest BCUT2D eigenvalue weighted by Crippen LogP contribution is -2.21. The summed E-state index contributed by atoms with van der Waals surface area (Å²) >= 11 is 0. The van der Waals surface area contributed by atoms with Crippen molar-refractivity contribution >= 4 is 5.91 Å². The zero-order chi connectivity index (χ0) is 14.7. The van der Waals surface area contributed by atoms with Crippen LogP contribution in [0.25, 0.3) is 22.6 Å². The standard InChI is InChI=1S/C17H15N3O/c1-13(21)19-20-16(14-8-4-2-5-9-14)12-18-17(20)15-10-6-3-7-11-15/h2-12H,1H3,(H,19,21). The van der Waals surface area contributed by atoms with Gasteiger partial charge in [-0.15, -0.1) is 0 Å². The van der Waals surface area contributed by atoms with Crippen molar-refractivity contribution in [3.63, 3.8) is 0 Å². The van der Waals surface area contributed by atoms with E-state index in [1.807, 2.05) is 60.7 Å². The van der Waals surface area contributed by atoms with Gasteiger partial charge in [0.1, 0.15) is 0 Å². The highest BCUT2D eigenvalue weighted by molar-refractivity contribution is 5.83. The Kier molecular flexibility index (Phi) is 3.51. The molecule has 0 aliphatic rings. The highest BCUT2D eigenvalue weighted by Gasteiger charge is 2.13. The average molecular weight is 277 g/mol. The Morgan fingerprint density at radius 2 is 1.52 bits per heavy atom. The van der Waals surface area contributed by atoms with Gasteiger partial charge < -0.3 is 0 Å². The zero-order valence-corrected chi connectivity index (χ0v) is 11.7. The van der Waals surface area contributed by atoms with E-state index in [2.05, 4.69) is 10.4 Å². The van der Waals surface area contributed by atoms with Gasteiger partial charge in [-0.2, -0.15) is 0 Å². The maximum Gasteiger partial charge on any atom is 0.235 e. The summed E-state index contributed by atoms with van der Waals surface area (Å²) in [5.74, 6) is 0.576. The number of nitrogens with one attached hydrogen (secondary N) is 1. The molecule has 0 radical (unpaired) electrons. The van der Waals surface area contributed by atoms with E-state index in [0.29, 0.717) is 5.82 Å². The van der Waals surface area contributed by atoms with Gasteiger partial charge in [0.2, 0.25) is 5.91 Å². The molecule has 0 saturated heterocycles. The van der Waals surface area contributed by atoms with Crippen LogP contribution >= 0.6 is 0 Å². The Hall–Kier alpha value is -2.88. The molecule has 1 amide bonds. The summed E-state index contributed by atoms with van der Waals surface area (Å²) in [7, 11) is 0. The molecule has 0 atom stereocenters. The van der Waals surface area contributed by atoms with Gasteiger partial charge in [-0.3, -0.25) is 10.2 Å². The minimum Gasteiger partial charge on any atom is -0.274 e. The van der Waals surface area contributed by atoms with Crippen molar-refractivity contribution < 1.29 is 4.79 Å². The van der Waals surface area contributed by atoms with Crippen LogP contribution in [-0.4, -0.2) is 15.6 Å². The first-order valence-electron chi connectivity index (χ1n) is 6.72. The van der Waals surface area contributed by atoms with Gasteiger partial charge in [0.15, 0.2) is 5.82 Å². The van der Waals surface area contributed by atoms with Gasteiger partial charge in [0.25, 0.3) is 0 Å². The molecule has 21 heavy (non-hydrogen) atoms. The van der Waals surface area contributed by atoms with Crippen molar-refractivity contribution in [2.75, 3.05) is 5.43 Å². The monoisotopic (exact) mass is 277 g/mol. The van der Waals surface area contributed by atoms with E-state index in [1.54, 1.807) is 10.9 Å². The van der Waals surface area contributed by atoms with Crippen LogP contribution in [0.5, 0.6) is 0 Å². The van der Waals surface area contributed by atoms with Crippen LogP contribution in [0.15, 0.2) is 66.9 Å². The largest absolute Gasteiger partial charge is 0.274 e. The predicted molar refractivity (Wildman–Crippen MR) is 83.1 cm³/mol. The number of hydrogen-bond acceptors (Lipinski definition) is 2. The molecule has 4 heteroatoms. The Morgan fingerprint density at radius 1 is 0.952 bits per heavy atom. The van der Waals surface area contributed by atoms with Crippen molar-refractivity contribution in [2.24, 2.45) is 0 Å². The Morgan fingerprint density at radius 3 is 2.10 bits per heavy atom. The third kappa shape index (κ3) is 2.69. The first-order valence-corrected chi connectivity index (χ1v) is 6.72. The third-order valence-corrected chi connectivity index (χ3v) is 3.13. The molecule has 4 nitrogen and oxygen atoms in total. The first kappa shape index (κ1) is 13.1. The van der Waals surface area contributed by atoms with E-state index in [4.69, 9.17) is 0 Å². The molecule has 2 aromatic carbocycles. The molecule has 1 aromatic heterocycles. The molecule has 3 rings (SSSR count).